The third-order valence-electron chi connectivity index (χ3n) is 5.00. The van der Waals surface area contributed by atoms with Gasteiger partial charge in [0, 0.05) is 12.0 Å². The lowest BCUT2D eigenvalue weighted by Crippen LogP contribution is -2.25. The van der Waals surface area contributed by atoms with Crippen LogP contribution in [0.1, 0.15) is 74.7 Å². The monoisotopic (exact) mass is 287 g/mol. The molecule has 1 fully saturated rings. The zero-order valence-corrected chi connectivity index (χ0v) is 13.7. The molecule has 0 aliphatic heterocycles. The third kappa shape index (κ3) is 4.16. The van der Waals surface area contributed by atoms with Gasteiger partial charge >= 0.3 is 0 Å². The van der Waals surface area contributed by atoms with Gasteiger partial charge in [-0.25, -0.2) is 0 Å². The number of rotatable bonds is 4. The van der Waals surface area contributed by atoms with Gasteiger partial charge in [-0.3, -0.25) is 4.79 Å². The van der Waals surface area contributed by atoms with Crippen LogP contribution in [0, 0.1) is 11.3 Å². The Labute approximate surface area is 129 Å². The molecule has 0 saturated heterocycles. The first-order chi connectivity index (χ1) is 9.91. The minimum absolute atomic E-state index is 0.169. The van der Waals surface area contributed by atoms with E-state index in [4.69, 9.17) is 5.73 Å². The van der Waals surface area contributed by atoms with Crippen LogP contribution in [0.25, 0.3) is 0 Å². The maximum Gasteiger partial charge on any atom is 0.164 e. The molecule has 2 nitrogen and oxygen atoms in total. The molecule has 21 heavy (non-hydrogen) atoms. The number of carbonyl (C=O) groups excluding carboxylic acids is 1. The molecule has 0 bridgehead atoms. The molecule has 0 heterocycles. The molecular formula is C19H29NO. The van der Waals surface area contributed by atoms with Gasteiger partial charge in [0.25, 0.3) is 0 Å². The second kappa shape index (κ2) is 6.74. The van der Waals surface area contributed by atoms with E-state index in [1.807, 2.05) is 12.1 Å². The van der Waals surface area contributed by atoms with Crippen molar-refractivity contribution in [3.8, 4) is 0 Å². The van der Waals surface area contributed by atoms with Crippen molar-refractivity contribution in [1.29, 1.82) is 0 Å². The van der Waals surface area contributed by atoms with Crippen LogP contribution in [-0.2, 0) is 0 Å². The van der Waals surface area contributed by atoms with E-state index in [0.717, 1.165) is 11.5 Å². The first kappa shape index (κ1) is 16.2. The Morgan fingerprint density at radius 2 is 1.86 bits per heavy atom. The number of hydrogen-bond acceptors (Lipinski definition) is 2. The van der Waals surface area contributed by atoms with E-state index in [-0.39, 0.29) is 5.78 Å². The van der Waals surface area contributed by atoms with Crippen LogP contribution in [0.3, 0.4) is 0 Å². The zero-order valence-electron chi connectivity index (χ0n) is 13.7. The largest absolute Gasteiger partial charge is 0.330 e. The highest BCUT2D eigenvalue weighted by molar-refractivity contribution is 5.96. The van der Waals surface area contributed by atoms with Gasteiger partial charge in [0.1, 0.15) is 0 Å². The summed E-state index contributed by atoms with van der Waals surface area (Å²) in [5.41, 5.74) is 8.07. The second-order valence-corrected chi connectivity index (χ2v) is 7.50. The molecule has 0 spiro atoms. The lowest BCUT2D eigenvalue weighted by Gasteiger charge is -2.37. The Balaban J connectivity index is 2.04. The second-order valence-electron chi connectivity index (χ2n) is 7.50. The average Bonchev–Trinajstić information content (AvgIpc) is 2.47. The fraction of sp³-hybridized carbons (Fsp3) is 0.632. The minimum atomic E-state index is 0.169. The number of hydrogen-bond donors (Lipinski definition) is 1. The quantitative estimate of drug-likeness (QED) is 0.826. The molecule has 1 aliphatic rings. The van der Waals surface area contributed by atoms with E-state index in [0.29, 0.717) is 24.3 Å². The predicted octanol–water partition coefficient (Wildman–Crippen LogP) is 4.54. The van der Waals surface area contributed by atoms with Gasteiger partial charge in [-0.2, -0.15) is 0 Å². The molecule has 2 rings (SSSR count). The van der Waals surface area contributed by atoms with Crippen molar-refractivity contribution in [2.45, 2.75) is 58.8 Å². The maximum absolute atomic E-state index is 12.0. The molecule has 1 aromatic carbocycles. The zero-order chi connectivity index (χ0) is 15.5. The standard InChI is InChI=1S/C19H29NO/c1-19(2,3)17-9-7-14(8-10-17)15-5-4-6-16(13-15)18(21)11-12-20/h4-6,13-14,17H,7-12,20H2,1-3H3. The van der Waals surface area contributed by atoms with Gasteiger partial charge < -0.3 is 5.73 Å². The summed E-state index contributed by atoms with van der Waals surface area (Å²) in [5, 5.41) is 0. The molecular weight excluding hydrogens is 258 g/mol. The first-order valence-corrected chi connectivity index (χ1v) is 8.25. The molecule has 1 aliphatic carbocycles. The number of benzene rings is 1. The minimum Gasteiger partial charge on any atom is -0.330 e. The summed E-state index contributed by atoms with van der Waals surface area (Å²) in [4.78, 5) is 12.0. The molecule has 0 aromatic heterocycles. The Hall–Kier alpha value is -1.15. The van der Waals surface area contributed by atoms with Gasteiger partial charge in [-0.05, 0) is 61.1 Å². The van der Waals surface area contributed by atoms with E-state index in [1.54, 1.807) is 0 Å². The number of carbonyl (C=O) groups is 1. The molecule has 1 aromatic rings. The Kier molecular flexibility index (Phi) is 5.21. The van der Waals surface area contributed by atoms with Crippen LogP contribution in [-0.4, -0.2) is 12.3 Å². The summed E-state index contributed by atoms with van der Waals surface area (Å²) in [6.45, 7) is 7.48. The fourth-order valence-electron chi connectivity index (χ4n) is 3.53. The molecule has 116 valence electrons. The van der Waals surface area contributed by atoms with Crippen molar-refractivity contribution in [3.05, 3.63) is 35.4 Å². The maximum atomic E-state index is 12.0. The molecule has 0 radical (unpaired) electrons. The van der Waals surface area contributed by atoms with Crippen molar-refractivity contribution in [2.75, 3.05) is 6.54 Å². The van der Waals surface area contributed by atoms with E-state index in [2.05, 4.69) is 32.9 Å². The van der Waals surface area contributed by atoms with Crippen LogP contribution in [0.5, 0.6) is 0 Å². The topological polar surface area (TPSA) is 43.1 Å². The van der Waals surface area contributed by atoms with Crippen LogP contribution in [0.15, 0.2) is 24.3 Å². The smallest absolute Gasteiger partial charge is 0.164 e. The molecule has 0 unspecified atom stereocenters. The summed E-state index contributed by atoms with van der Waals surface area (Å²) in [6, 6.07) is 8.22. The van der Waals surface area contributed by atoms with Gasteiger partial charge in [0.15, 0.2) is 5.78 Å². The number of Topliss-reactive ketones (excluding diaryl/α,β-unsaturated/α-hetero) is 1. The van der Waals surface area contributed by atoms with Crippen molar-refractivity contribution in [2.24, 2.45) is 17.1 Å². The normalized spacial score (nSPS) is 23.0. The third-order valence-corrected chi connectivity index (χ3v) is 5.00. The molecule has 0 atom stereocenters. The highest BCUT2D eigenvalue weighted by Crippen LogP contribution is 2.43. The molecule has 0 amide bonds. The van der Waals surface area contributed by atoms with E-state index in [1.165, 1.54) is 31.2 Å². The number of nitrogens with two attached hydrogens (primary N) is 1. The fourth-order valence-corrected chi connectivity index (χ4v) is 3.53. The lowest BCUT2D eigenvalue weighted by atomic mass is 9.68. The summed E-state index contributed by atoms with van der Waals surface area (Å²) in [7, 11) is 0. The lowest BCUT2D eigenvalue weighted by molar-refractivity contribution is 0.0985. The summed E-state index contributed by atoms with van der Waals surface area (Å²) in [5.74, 6) is 1.62. The van der Waals surface area contributed by atoms with Gasteiger partial charge in [-0.1, -0.05) is 39.0 Å². The summed E-state index contributed by atoms with van der Waals surface area (Å²) < 4.78 is 0. The van der Waals surface area contributed by atoms with Gasteiger partial charge in [0.05, 0.1) is 0 Å². The highest BCUT2D eigenvalue weighted by atomic mass is 16.1. The summed E-state index contributed by atoms with van der Waals surface area (Å²) >= 11 is 0. The van der Waals surface area contributed by atoms with Crippen molar-refractivity contribution in [1.82, 2.24) is 0 Å². The van der Waals surface area contributed by atoms with Gasteiger partial charge in [-0.15, -0.1) is 0 Å². The van der Waals surface area contributed by atoms with E-state index < -0.39 is 0 Å². The molecule has 2 heteroatoms. The Morgan fingerprint density at radius 1 is 1.19 bits per heavy atom. The van der Waals surface area contributed by atoms with Crippen LogP contribution in [0.2, 0.25) is 0 Å². The van der Waals surface area contributed by atoms with Crippen molar-refractivity contribution >= 4 is 5.78 Å². The SMILES string of the molecule is CC(C)(C)C1CCC(c2cccc(C(=O)CCN)c2)CC1. The Morgan fingerprint density at radius 3 is 2.43 bits per heavy atom. The van der Waals surface area contributed by atoms with E-state index >= 15 is 0 Å². The van der Waals surface area contributed by atoms with Gasteiger partial charge in [0.2, 0.25) is 0 Å². The molecule has 1 saturated carbocycles. The first-order valence-electron chi connectivity index (χ1n) is 8.25. The van der Waals surface area contributed by atoms with E-state index in [9.17, 15) is 4.79 Å². The Bertz CT molecular complexity index is 479. The predicted molar refractivity (Wildman–Crippen MR) is 88.6 cm³/mol. The molecule has 2 N–H and O–H groups in total. The van der Waals surface area contributed by atoms with Crippen molar-refractivity contribution < 1.29 is 4.79 Å². The number of ketones is 1. The van der Waals surface area contributed by atoms with Crippen LogP contribution in [0.4, 0.5) is 0 Å². The van der Waals surface area contributed by atoms with Crippen LogP contribution < -0.4 is 5.73 Å². The van der Waals surface area contributed by atoms with Crippen LogP contribution >= 0.6 is 0 Å². The van der Waals surface area contributed by atoms with Crippen molar-refractivity contribution in [3.63, 3.8) is 0 Å². The summed E-state index contributed by atoms with van der Waals surface area (Å²) in [6.07, 6.45) is 5.54. The average molecular weight is 287 g/mol. The highest BCUT2D eigenvalue weighted by Gasteiger charge is 2.30.